The van der Waals surface area contributed by atoms with E-state index < -0.39 is 0 Å². The van der Waals surface area contributed by atoms with Gasteiger partial charge in [0.1, 0.15) is 0 Å². The Kier molecular flexibility index (Phi) is 6.56. The zero-order valence-electron chi connectivity index (χ0n) is 32.8. The van der Waals surface area contributed by atoms with Gasteiger partial charge in [-0.3, -0.25) is 0 Å². The van der Waals surface area contributed by atoms with Crippen LogP contribution in [0.15, 0.2) is 212 Å². The summed E-state index contributed by atoms with van der Waals surface area (Å²) in [6, 6.07) is 63.4. The van der Waals surface area contributed by atoms with Gasteiger partial charge in [0.2, 0.25) is 0 Å². The van der Waals surface area contributed by atoms with Gasteiger partial charge in [-0.1, -0.05) is 170 Å². The first-order chi connectivity index (χ1) is 28.0. The number of nitrogens with zero attached hydrogens (tertiary/aromatic N) is 1. The molecule has 10 rings (SSSR count). The minimum atomic E-state index is -0.111. The summed E-state index contributed by atoms with van der Waals surface area (Å²) in [5, 5.41) is 8.94. The SMILES string of the molecule is [2H]c1c([2H])c(N(c2ccccc2)c2cccc(-c3c(-c4ccccc4)c4ccccc4c4ccccc34)c2)c([2H])c([2H])c1-c1ccc2c(ccc3ccccc32)c1. The second-order valence-electron chi connectivity index (χ2n) is 13.4. The molecule has 0 spiro atoms. The van der Waals surface area contributed by atoms with Gasteiger partial charge in [0.25, 0.3) is 0 Å². The van der Waals surface area contributed by atoms with Gasteiger partial charge < -0.3 is 4.90 Å². The average molecular weight is 678 g/mol. The van der Waals surface area contributed by atoms with E-state index in [-0.39, 0.29) is 35.4 Å². The molecule has 0 aliphatic heterocycles. The number of fused-ring (bicyclic) bond motifs is 6. The van der Waals surface area contributed by atoms with E-state index in [2.05, 4.69) is 109 Å². The van der Waals surface area contributed by atoms with Crippen molar-refractivity contribution >= 4 is 60.2 Å². The van der Waals surface area contributed by atoms with Gasteiger partial charge in [0.05, 0.1) is 5.48 Å². The molecule has 248 valence electrons. The van der Waals surface area contributed by atoms with Crippen LogP contribution >= 0.6 is 0 Å². The minimum absolute atomic E-state index is 0.0879. The summed E-state index contributed by atoms with van der Waals surface area (Å²) in [4.78, 5) is 1.87. The standard InChI is InChI=1S/C52H35N/c1-3-15-38(16-4-1)51-49-24-11-9-22-47(49)48-23-10-12-25-50(48)52(51)41-17-13-20-44(35-41)53(42-18-5-2-6-19-42)43-31-28-36(29-32-43)39-30-33-46-40(34-39)27-26-37-14-7-8-21-45(37)46/h1-35H/i28D,29D,31D,32D. The molecule has 0 fully saturated rings. The number of rotatable bonds is 6. The molecular weight excluding hydrogens is 639 g/mol. The molecule has 0 N–H and O–H groups in total. The summed E-state index contributed by atoms with van der Waals surface area (Å²) in [6.45, 7) is 0. The van der Waals surface area contributed by atoms with Gasteiger partial charge >= 0.3 is 0 Å². The van der Waals surface area contributed by atoms with E-state index in [0.29, 0.717) is 5.56 Å². The first kappa shape index (κ1) is 26.8. The quantitative estimate of drug-likeness (QED) is 0.158. The van der Waals surface area contributed by atoms with Crippen molar-refractivity contribution in [1.29, 1.82) is 0 Å². The molecule has 0 aliphatic carbocycles. The van der Waals surface area contributed by atoms with Crippen molar-refractivity contribution in [1.82, 2.24) is 0 Å². The van der Waals surface area contributed by atoms with Gasteiger partial charge in [-0.2, -0.15) is 0 Å². The van der Waals surface area contributed by atoms with Crippen LogP contribution in [-0.4, -0.2) is 0 Å². The molecule has 1 nitrogen and oxygen atoms in total. The highest BCUT2D eigenvalue weighted by Gasteiger charge is 2.19. The Balaban J connectivity index is 1.19. The Morgan fingerprint density at radius 1 is 0.283 bits per heavy atom. The largest absolute Gasteiger partial charge is 0.310 e. The Morgan fingerprint density at radius 3 is 1.53 bits per heavy atom. The highest BCUT2D eigenvalue weighted by molar-refractivity contribution is 6.21. The lowest BCUT2D eigenvalue weighted by molar-refractivity contribution is 1.28. The average Bonchev–Trinajstić information content (AvgIpc) is 3.27. The number of para-hydroxylation sites is 1. The number of hydrogen-bond donors (Lipinski definition) is 0. The van der Waals surface area contributed by atoms with Crippen LogP contribution in [0.1, 0.15) is 5.48 Å². The molecule has 0 atom stereocenters. The maximum atomic E-state index is 9.55. The van der Waals surface area contributed by atoms with Crippen LogP contribution in [0.3, 0.4) is 0 Å². The smallest absolute Gasteiger partial charge is 0.0645 e. The third kappa shape index (κ3) is 5.42. The molecule has 0 saturated carbocycles. The van der Waals surface area contributed by atoms with E-state index in [1.165, 1.54) is 5.39 Å². The van der Waals surface area contributed by atoms with Gasteiger partial charge in [0.15, 0.2) is 0 Å². The summed E-state index contributed by atoms with van der Waals surface area (Å²) in [7, 11) is 0. The molecule has 10 aromatic rings. The first-order valence-corrected chi connectivity index (χ1v) is 17.9. The second-order valence-corrected chi connectivity index (χ2v) is 13.4. The van der Waals surface area contributed by atoms with Crippen molar-refractivity contribution in [3.05, 3.63) is 212 Å². The zero-order valence-corrected chi connectivity index (χ0v) is 28.8. The fourth-order valence-corrected chi connectivity index (χ4v) is 7.86. The fourth-order valence-electron chi connectivity index (χ4n) is 7.86. The van der Waals surface area contributed by atoms with E-state index in [4.69, 9.17) is 0 Å². The van der Waals surface area contributed by atoms with E-state index in [1.807, 2.05) is 83.8 Å². The molecule has 1 heteroatoms. The van der Waals surface area contributed by atoms with Crippen molar-refractivity contribution in [2.24, 2.45) is 0 Å². The van der Waals surface area contributed by atoms with Crippen LogP contribution in [0.4, 0.5) is 17.1 Å². The molecule has 0 heterocycles. The highest BCUT2D eigenvalue weighted by atomic mass is 15.1. The normalized spacial score (nSPS) is 12.5. The van der Waals surface area contributed by atoms with Gasteiger partial charge in [-0.15, -0.1) is 0 Å². The Hall–Kier alpha value is -6.96. The lowest BCUT2D eigenvalue weighted by Crippen LogP contribution is -2.09. The second kappa shape index (κ2) is 13.0. The van der Waals surface area contributed by atoms with Crippen LogP contribution in [0.5, 0.6) is 0 Å². The van der Waals surface area contributed by atoms with Crippen molar-refractivity contribution in [2.75, 3.05) is 4.90 Å². The number of hydrogen-bond acceptors (Lipinski definition) is 1. The molecule has 0 aliphatic rings. The molecule has 0 amide bonds. The van der Waals surface area contributed by atoms with Crippen LogP contribution in [0.25, 0.3) is 76.5 Å². The third-order valence-electron chi connectivity index (χ3n) is 10.3. The molecule has 0 radical (unpaired) electrons. The lowest BCUT2D eigenvalue weighted by atomic mass is 9.85. The topological polar surface area (TPSA) is 3.24 Å². The number of anilines is 3. The van der Waals surface area contributed by atoms with E-state index in [0.717, 1.165) is 71.3 Å². The van der Waals surface area contributed by atoms with Crippen molar-refractivity contribution in [3.8, 4) is 33.4 Å². The zero-order chi connectivity index (χ0) is 38.6. The van der Waals surface area contributed by atoms with Gasteiger partial charge in [-0.05, 0) is 119 Å². The van der Waals surface area contributed by atoms with Crippen LogP contribution in [0, 0.1) is 0 Å². The van der Waals surface area contributed by atoms with Gasteiger partial charge in [-0.25, -0.2) is 0 Å². The van der Waals surface area contributed by atoms with E-state index in [9.17, 15) is 5.48 Å². The predicted octanol–water partition coefficient (Wildman–Crippen LogP) is 14.8. The monoisotopic (exact) mass is 677 g/mol. The molecule has 53 heavy (non-hydrogen) atoms. The first-order valence-electron chi connectivity index (χ1n) is 19.9. The molecular formula is C52H35N. The van der Waals surface area contributed by atoms with E-state index >= 15 is 0 Å². The van der Waals surface area contributed by atoms with Crippen molar-refractivity contribution < 1.29 is 5.48 Å². The highest BCUT2D eigenvalue weighted by Crippen LogP contribution is 2.46. The maximum Gasteiger partial charge on any atom is 0.0645 e. The Morgan fingerprint density at radius 2 is 0.811 bits per heavy atom. The summed E-state index contributed by atoms with van der Waals surface area (Å²) in [5.74, 6) is 0. The van der Waals surface area contributed by atoms with E-state index in [1.54, 1.807) is 0 Å². The third-order valence-corrected chi connectivity index (χ3v) is 10.3. The van der Waals surface area contributed by atoms with Crippen molar-refractivity contribution in [2.45, 2.75) is 0 Å². The predicted molar refractivity (Wildman–Crippen MR) is 227 cm³/mol. The minimum Gasteiger partial charge on any atom is -0.310 e. The number of benzene rings is 10. The Labute approximate surface area is 315 Å². The van der Waals surface area contributed by atoms with Crippen LogP contribution in [0.2, 0.25) is 0 Å². The van der Waals surface area contributed by atoms with Gasteiger partial charge in [0, 0.05) is 17.1 Å². The molecule has 0 saturated heterocycles. The molecule has 0 unspecified atom stereocenters. The maximum absolute atomic E-state index is 9.55. The summed E-state index contributed by atoms with van der Waals surface area (Å²) in [6.07, 6.45) is 0. The molecule has 0 aromatic heterocycles. The molecule has 10 aromatic carbocycles. The van der Waals surface area contributed by atoms with Crippen LogP contribution in [-0.2, 0) is 0 Å². The summed E-state index contributed by atoms with van der Waals surface area (Å²) >= 11 is 0. The van der Waals surface area contributed by atoms with Crippen LogP contribution < -0.4 is 4.90 Å². The summed E-state index contributed by atoms with van der Waals surface area (Å²) in [5.41, 5.74) is 6.87. The summed E-state index contributed by atoms with van der Waals surface area (Å²) < 4.78 is 37.9. The molecule has 0 bridgehead atoms. The fraction of sp³-hybridized carbons (Fsp3) is 0. The lowest BCUT2D eigenvalue weighted by Gasteiger charge is -2.27. The Bertz CT molecular complexity index is 3150. The van der Waals surface area contributed by atoms with Crippen molar-refractivity contribution in [3.63, 3.8) is 0 Å².